The molecular formula is C20H25FN2O2. The van der Waals surface area contributed by atoms with Crippen LogP contribution >= 0.6 is 0 Å². The third-order valence-corrected chi connectivity index (χ3v) is 5.84. The molecular weight excluding hydrogens is 319 g/mol. The van der Waals surface area contributed by atoms with Gasteiger partial charge in [-0.05, 0) is 58.2 Å². The first-order chi connectivity index (χ1) is 11.7. The topological polar surface area (TPSA) is 47.3 Å². The lowest BCUT2D eigenvalue weighted by Crippen LogP contribution is -2.61. The highest BCUT2D eigenvalue weighted by Crippen LogP contribution is 2.51. The molecule has 2 unspecified atom stereocenters. The van der Waals surface area contributed by atoms with Gasteiger partial charge in [0.05, 0.1) is 22.9 Å². The molecule has 2 aromatic rings. The Morgan fingerprint density at radius 3 is 2.68 bits per heavy atom. The number of aromatic nitrogens is 1. The number of anilines is 1. The van der Waals surface area contributed by atoms with Crippen molar-refractivity contribution in [3.05, 3.63) is 35.0 Å². The first-order valence-corrected chi connectivity index (χ1v) is 8.91. The Hall–Kier alpha value is -1.88. The minimum Gasteiger partial charge on any atom is -0.377 e. The first-order valence-electron chi connectivity index (χ1n) is 8.91. The van der Waals surface area contributed by atoms with Crippen LogP contribution in [-0.2, 0) is 10.2 Å². The van der Waals surface area contributed by atoms with E-state index in [4.69, 9.17) is 9.26 Å². The molecule has 0 amide bonds. The molecule has 0 radical (unpaired) electrons. The molecule has 25 heavy (non-hydrogen) atoms. The Morgan fingerprint density at radius 2 is 2.00 bits per heavy atom. The van der Waals surface area contributed by atoms with Crippen LogP contribution in [0.4, 0.5) is 10.1 Å². The standard InChI is InChI=1S/C20H25FN2O2/c1-11-17(12(2)25-23-11)13-9-14-16(10-15(13)21)22-19(3,4)18-20(14,5)7-6-8-24-18/h9-10,18,22H,6-8H2,1-5H3. The van der Waals surface area contributed by atoms with Crippen LogP contribution in [0.1, 0.15) is 50.6 Å². The zero-order chi connectivity index (χ0) is 18.0. The van der Waals surface area contributed by atoms with Crippen LogP contribution in [0.15, 0.2) is 16.7 Å². The number of rotatable bonds is 1. The van der Waals surface area contributed by atoms with Crippen LogP contribution in [0.5, 0.6) is 0 Å². The number of hydrogen-bond donors (Lipinski definition) is 1. The van der Waals surface area contributed by atoms with Crippen LogP contribution in [-0.4, -0.2) is 23.4 Å². The van der Waals surface area contributed by atoms with E-state index < -0.39 is 0 Å². The van der Waals surface area contributed by atoms with Crippen molar-refractivity contribution in [1.82, 2.24) is 5.16 Å². The largest absolute Gasteiger partial charge is 0.377 e. The Labute approximate surface area is 147 Å². The molecule has 134 valence electrons. The predicted octanol–water partition coefficient (Wildman–Crippen LogP) is 4.74. The summed E-state index contributed by atoms with van der Waals surface area (Å²) in [7, 11) is 0. The average Bonchev–Trinajstić information content (AvgIpc) is 2.85. The Morgan fingerprint density at radius 1 is 1.24 bits per heavy atom. The number of fused-ring (bicyclic) bond motifs is 3. The molecule has 1 aromatic heterocycles. The number of benzene rings is 1. The second-order valence-electron chi connectivity index (χ2n) is 8.20. The van der Waals surface area contributed by atoms with Crippen LogP contribution in [0.2, 0.25) is 0 Å². The third kappa shape index (κ3) is 2.32. The van der Waals surface area contributed by atoms with E-state index in [1.807, 2.05) is 19.9 Å². The Bertz CT molecular complexity index is 823. The van der Waals surface area contributed by atoms with Crippen molar-refractivity contribution >= 4 is 5.69 Å². The highest BCUT2D eigenvalue weighted by molar-refractivity contribution is 5.74. The molecule has 1 saturated heterocycles. The maximum absolute atomic E-state index is 15.0. The number of ether oxygens (including phenoxy) is 1. The molecule has 3 heterocycles. The van der Waals surface area contributed by atoms with E-state index in [-0.39, 0.29) is 22.9 Å². The molecule has 5 heteroatoms. The quantitative estimate of drug-likeness (QED) is 0.812. The fraction of sp³-hybridized carbons (Fsp3) is 0.550. The Balaban J connectivity index is 1.94. The van der Waals surface area contributed by atoms with Crippen LogP contribution in [0.3, 0.4) is 0 Å². The maximum Gasteiger partial charge on any atom is 0.141 e. The second-order valence-corrected chi connectivity index (χ2v) is 8.20. The summed E-state index contributed by atoms with van der Waals surface area (Å²) >= 11 is 0. The molecule has 1 aromatic carbocycles. The monoisotopic (exact) mass is 344 g/mol. The summed E-state index contributed by atoms with van der Waals surface area (Å²) in [6, 6.07) is 3.59. The smallest absolute Gasteiger partial charge is 0.141 e. The lowest BCUT2D eigenvalue weighted by molar-refractivity contribution is -0.0720. The fourth-order valence-corrected chi connectivity index (χ4v) is 4.86. The van der Waals surface area contributed by atoms with Gasteiger partial charge in [-0.15, -0.1) is 0 Å². The highest BCUT2D eigenvalue weighted by Gasteiger charge is 2.52. The maximum atomic E-state index is 15.0. The van der Waals surface area contributed by atoms with Gasteiger partial charge < -0.3 is 14.6 Å². The molecule has 4 rings (SSSR count). The summed E-state index contributed by atoms with van der Waals surface area (Å²) in [6.45, 7) is 10.9. The van der Waals surface area contributed by atoms with Gasteiger partial charge in [0.25, 0.3) is 0 Å². The summed E-state index contributed by atoms with van der Waals surface area (Å²) in [5, 5.41) is 7.48. The van der Waals surface area contributed by atoms with Crippen molar-refractivity contribution in [2.45, 2.75) is 64.5 Å². The van der Waals surface area contributed by atoms with Gasteiger partial charge in [-0.2, -0.15) is 0 Å². The molecule has 1 N–H and O–H groups in total. The number of nitrogens with one attached hydrogen (secondary N) is 1. The zero-order valence-corrected chi connectivity index (χ0v) is 15.5. The van der Waals surface area contributed by atoms with Crippen LogP contribution in [0.25, 0.3) is 11.1 Å². The highest BCUT2D eigenvalue weighted by atomic mass is 19.1. The molecule has 0 saturated carbocycles. The summed E-state index contributed by atoms with van der Waals surface area (Å²) in [6.07, 6.45) is 2.09. The Kier molecular flexibility index (Phi) is 3.52. The molecule has 0 aliphatic carbocycles. The molecule has 2 aliphatic heterocycles. The van der Waals surface area contributed by atoms with Crippen molar-refractivity contribution in [3.63, 3.8) is 0 Å². The number of nitrogens with zero attached hydrogens (tertiary/aromatic N) is 1. The van der Waals surface area contributed by atoms with Gasteiger partial charge in [0.1, 0.15) is 11.6 Å². The SMILES string of the molecule is Cc1noc(C)c1-c1cc2c(cc1F)NC(C)(C)C1OCCCC21C. The molecule has 1 fully saturated rings. The number of hydrogen-bond acceptors (Lipinski definition) is 4. The minimum atomic E-state index is -0.254. The van der Waals surface area contributed by atoms with Gasteiger partial charge in [-0.3, -0.25) is 0 Å². The van der Waals surface area contributed by atoms with E-state index in [1.165, 1.54) is 0 Å². The van der Waals surface area contributed by atoms with Crippen molar-refractivity contribution in [1.29, 1.82) is 0 Å². The summed E-state index contributed by atoms with van der Waals surface area (Å²) < 4.78 is 26.4. The van der Waals surface area contributed by atoms with E-state index in [0.717, 1.165) is 36.3 Å². The van der Waals surface area contributed by atoms with Gasteiger partial charge >= 0.3 is 0 Å². The van der Waals surface area contributed by atoms with Gasteiger partial charge in [0, 0.05) is 23.3 Å². The predicted molar refractivity (Wildman–Crippen MR) is 95.4 cm³/mol. The van der Waals surface area contributed by atoms with Crippen molar-refractivity contribution in [2.75, 3.05) is 11.9 Å². The van der Waals surface area contributed by atoms with Crippen LogP contribution in [0, 0.1) is 19.7 Å². The van der Waals surface area contributed by atoms with Crippen molar-refractivity contribution in [3.8, 4) is 11.1 Å². The summed E-state index contributed by atoms with van der Waals surface area (Å²) in [5.74, 6) is 0.386. The zero-order valence-electron chi connectivity index (χ0n) is 15.5. The first kappa shape index (κ1) is 16.6. The van der Waals surface area contributed by atoms with E-state index >= 15 is 0 Å². The molecule has 0 bridgehead atoms. The molecule has 0 spiro atoms. The molecule has 2 atom stereocenters. The molecule has 4 nitrogen and oxygen atoms in total. The van der Waals surface area contributed by atoms with Gasteiger partial charge in [0.2, 0.25) is 0 Å². The molecule has 2 aliphatic rings. The summed E-state index contributed by atoms with van der Waals surface area (Å²) in [5.41, 5.74) is 3.60. The van der Waals surface area contributed by atoms with Gasteiger partial charge in [0.15, 0.2) is 0 Å². The average molecular weight is 344 g/mol. The third-order valence-electron chi connectivity index (χ3n) is 5.84. The van der Waals surface area contributed by atoms with Crippen molar-refractivity contribution < 1.29 is 13.7 Å². The van der Waals surface area contributed by atoms with Gasteiger partial charge in [-0.1, -0.05) is 12.1 Å². The van der Waals surface area contributed by atoms with Crippen molar-refractivity contribution in [2.24, 2.45) is 0 Å². The van der Waals surface area contributed by atoms with E-state index in [0.29, 0.717) is 17.0 Å². The van der Waals surface area contributed by atoms with Crippen LogP contribution < -0.4 is 5.32 Å². The normalized spacial score (nSPS) is 27.4. The number of halogens is 1. The number of aryl methyl sites for hydroxylation is 2. The lowest BCUT2D eigenvalue weighted by Gasteiger charge is -2.54. The van der Waals surface area contributed by atoms with E-state index in [9.17, 15) is 4.39 Å². The minimum absolute atomic E-state index is 0.0456. The lowest BCUT2D eigenvalue weighted by atomic mass is 9.63. The van der Waals surface area contributed by atoms with E-state index in [2.05, 4.69) is 31.2 Å². The van der Waals surface area contributed by atoms with E-state index in [1.54, 1.807) is 6.07 Å². The van der Waals surface area contributed by atoms with Gasteiger partial charge in [-0.25, -0.2) is 4.39 Å². The second kappa shape index (κ2) is 5.31. The fourth-order valence-electron chi connectivity index (χ4n) is 4.86. The summed E-state index contributed by atoms with van der Waals surface area (Å²) in [4.78, 5) is 0.